The zero-order valence-corrected chi connectivity index (χ0v) is 16.6. The lowest BCUT2D eigenvalue weighted by molar-refractivity contribution is -0.137. The first kappa shape index (κ1) is 23.0. The lowest BCUT2D eigenvalue weighted by Crippen LogP contribution is -2.37. The molecule has 0 bridgehead atoms. The molecule has 1 aliphatic rings. The van der Waals surface area contributed by atoms with E-state index in [9.17, 15) is 22.8 Å². The van der Waals surface area contributed by atoms with Crippen LogP contribution in [0, 0.1) is 0 Å². The third-order valence-corrected chi connectivity index (χ3v) is 4.45. The van der Waals surface area contributed by atoms with Gasteiger partial charge in [0.2, 0.25) is 11.8 Å². The predicted octanol–water partition coefficient (Wildman–Crippen LogP) is 1.94. The Kier molecular flexibility index (Phi) is 8.27. The molecule has 2 amide bonds. The van der Waals surface area contributed by atoms with Crippen molar-refractivity contribution in [1.82, 2.24) is 10.2 Å². The summed E-state index contributed by atoms with van der Waals surface area (Å²) in [5.41, 5.74) is -0.130. The average molecular weight is 416 g/mol. The van der Waals surface area contributed by atoms with E-state index in [2.05, 4.69) is 10.6 Å². The lowest BCUT2D eigenvalue weighted by atomic mass is 10.1. The molecule has 7 nitrogen and oxygen atoms in total. The Morgan fingerprint density at radius 3 is 2.55 bits per heavy atom. The van der Waals surface area contributed by atoms with Gasteiger partial charge in [-0.05, 0) is 31.7 Å². The summed E-state index contributed by atoms with van der Waals surface area (Å²) in [4.78, 5) is 26.9. The highest BCUT2D eigenvalue weighted by molar-refractivity contribution is 5.95. The molecule has 0 spiro atoms. The van der Waals surface area contributed by atoms with Gasteiger partial charge in [-0.15, -0.1) is 0 Å². The number of hydrogen-bond acceptors (Lipinski definition) is 5. The highest BCUT2D eigenvalue weighted by atomic mass is 19.4. The molecule has 1 fully saturated rings. The predicted molar refractivity (Wildman–Crippen MR) is 104 cm³/mol. The number of carbonyl (C=O) groups excluding carboxylic acids is 2. The average Bonchev–Trinajstić information content (AvgIpc) is 2.65. The second-order valence-corrected chi connectivity index (χ2v) is 6.95. The van der Waals surface area contributed by atoms with Crippen LogP contribution < -0.4 is 15.5 Å². The van der Waals surface area contributed by atoms with Crippen molar-refractivity contribution in [3.8, 4) is 0 Å². The number of nitrogens with zero attached hydrogens (tertiary/aromatic N) is 2. The molecule has 2 rings (SSSR count). The van der Waals surface area contributed by atoms with Crippen LogP contribution in [0.1, 0.15) is 18.9 Å². The van der Waals surface area contributed by atoms with E-state index in [0.717, 1.165) is 12.1 Å². The number of carbonyl (C=O) groups is 2. The van der Waals surface area contributed by atoms with Gasteiger partial charge in [-0.1, -0.05) is 0 Å². The molecular weight excluding hydrogens is 389 g/mol. The van der Waals surface area contributed by atoms with Crippen molar-refractivity contribution in [1.29, 1.82) is 0 Å². The van der Waals surface area contributed by atoms with Crippen molar-refractivity contribution < 1.29 is 27.5 Å². The number of rotatable bonds is 8. The molecule has 0 unspecified atom stereocenters. The van der Waals surface area contributed by atoms with E-state index < -0.39 is 17.6 Å². The summed E-state index contributed by atoms with van der Waals surface area (Å²) in [5, 5.41) is 5.30. The number of amides is 2. The Bertz CT molecular complexity index is 706. The third kappa shape index (κ3) is 7.54. The van der Waals surface area contributed by atoms with Gasteiger partial charge in [-0.25, -0.2) is 0 Å². The molecule has 1 aliphatic heterocycles. The van der Waals surface area contributed by atoms with E-state index in [1.807, 2.05) is 4.90 Å². The van der Waals surface area contributed by atoms with Gasteiger partial charge in [-0.2, -0.15) is 13.2 Å². The highest BCUT2D eigenvalue weighted by Crippen LogP contribution is 2.35. The molecular formula is C19H27F3N4O3. The quantitative estimate of drug-likeness (QED) is 0.634. The lowest BCUT2D eigenvalue weighted by Gasteiger charge is -2.31. The Morgan fingerprint density at radius 1 is 1.24 bits per heavy atom. The number of hydrogen-bond donors (Lipinski definition) is 2. The summed E-state index contributed by atoms with van der Waals surface area (Å²) >= 11 is 0. The van der Waals surface area contributed by atoms with Gasteiger partial charge in [0.15, 0.2) is 0 Å². The first-order valence-corrected chi connectivity index (χ1v) is 9.43. The summed E-state index contributed by atoms with van der Waals surface area (Å²) in [5.74, 6) is -0.522. The Morgan fingerprint density at radius 2 is 1.93 bits per heavy atom. The van der Waals surface area contributed by atoms with Crippen LogP contribution in [-0.2, 0) is 20.5 Å². The number of benzene rings is 1. The fourth-order valence-corrected chi connectivity index (χ4v) is 3.02. The number of alkyl halides is 3. The minimum absolute atomic E-state index is 0.0267. The standard InChI is InChI=1S/C19H27F3N4O3/c1-14(27)23-6-3-7-25(2)13-18(28)24-16-12-15(19(20,21)22)4-5-17(16)26-8-10-29-11-9-26/h4-5,12H,3,6-11,13H2,1-2H3,(H,23,27)(H,24,28). The van der Waals surface area contributed by atoms with E-state index >= 15 is 0 Å². The van der Waals surface area contributed by atoms with Crippen molar-refractivity contribution in [2.24, 2.45) is 0 Å². The number of ether oxygens (including phenoxy) is 1. The monoisotopic (exact) mass is 416 g/mol. The molecule has 29 heavy (non-hydrogen) atoms. The van der Waals surface area contributed by atoms with Crippen LogP contribution in [0.2, 0.25) is 0 Å². The number of anilines is 2. The molecule has 0 aliphatic carbocycles. The van der Waals surface area contributed by atoms with Gasteiger partial charge in [-0.3, -0.25) is 14.5 Å². The molecule has 0 aromatic heterocycles. The molecule has 10 heteroatoms. The summed E-state index contributed by atoms with van der Waals surface area (Å²) in [7, 11) is 1.74. The number of halogens is 3. The first-order valence-electron chi connectivity index (χ1n) is 9.43. The maximum atomic E-state index is 13.1. The maximum absolute atomic E-state index is 13.1. The molecule has 1 heterocycles. The summed E-state index contributed by atoms with van der Waals surface area (Å²) < 4.78 is 44.7. The van der Waals surface area contributed by atoms with Gasteiger partial charge in [0.25, 0.3) is 0 Å². The van der Waals surface area contributed by atoms with Crippen molar-refractivity contribution in [3.63, 3.8) is 0 Å². The van der Waals surface area contributed by atoms with Crippen molar-refractivity contribution in [3.05, 3.63) is 23.8 Å². The highest BCUT2D eigenvalue weighted by Gasteiger charge is 2.32. The molecule has 1 saturated heterocycles. The fraction of sp³-hybridized carbons (Fsp3) is 0.579. The van der Waals surface area contributed by atoms with Crippen LogP contribution >= 0.6 is 0 Å². The largest absolute Gasteiger partial charge is 0.416 e. The van der Waals surface area contributed by atoms with Gasteiger partial charge < -0.3 is 20.3 Å². The smallest absolute Gasteiger partial charge is 0.378 e. The normalized spacial score (nSPS) is 14.8. The minimum atomic E-state index is -4.50. The molecule has 0 radical (unpaired) electrons. The molecule has 1 aromatic carbocycles. The number of nitrogens with one attached hydrogen (secondary N) is 2. The van der Waals surface area contributed by atoms with Crippen LogP contribution in [0.4, 0.5) is 24.5 Å². The second kappa shape index (κ2) is 10.4. The summed E-state index contributed by atoms with van der Waals surface area (Å²) in [6.07, 6.45) is -3.84. The van der Waals surface area contributed by atoms with E-state index in [-0.39, 0.29) is 18.1 Å². The molecule has 162 valence electrons. The Labute approximate surface area is 168 Å². The van der Waals surface area contributed by atoms with Crippen LogP contribution in [0.25, 0.3) is 0 Å². The van der Waals surface area contributed by atoms with Gasteiger partial charge in [0.1, 0.15) is 0 Å². The second-order valence-electron chi connectivity index (χ2n) is 6.95. The van der Waals surface area contributed by atoms with E-state index in [1.54, 1.807) is 11.9 Å². The van der Waals surface area contributed by atoms with E-state index in [1.165, 1.54) is 13.0 Å². The van der Waals surface area contributed by atoms with E-state index in [0.29, 0.717) is 51.5 Å². The molecule has 0 saturated carbocycles. The topological polar surface area (TPSA) is 73.9 Å². The van der Waals surface area contributed by atoms with E-state index in [4.69, 9.17) is 4.74 Å². The van der Waals surface area contributed by atoms with Gasteiger partial charge in [0.05, 0.1) is 36.7 Å². The third-order valence-electron chi connectivity index (χ3n) is 4.45. The zero-order valence-electron chi connectivity index (χ0n) is 16.6. The molecule has 1 aromatic rings. The first-order chi connectivity index (χ1) is 13.7. The minimum Gasteiger partial charge on any atom is -0.378 e. The number of morpholine rings is 1. The zero-order chi connectivity index (χ0) is 21.4. The Balaban J connectivity index is 2.04. The van der Waals surface area contributed by atoms with Crippen LogP contribution in [0.15, 0.2) is 18.2 Å². The fourth-order valence-electron chi connectivity index (χ4n) is 3.02. The molecule has 0 atom stereocenters. The van der Waals surface area contributed by atoms with Crippen molar-refractivity contribution in [2.75, 3.05) is 63.2 Å². The van der Waals surface area contributed by atoms with Crippen LogP contribution in [-0.4, -0.2) is 69.7 Å². The van der Waals surface area contributed by atoms with Crippen LogP contribution in [0.5, 0.6) is 0 Å². The summed E-state index contributed by atoms with van der Waals surface area (Å²) in [6, 6.07) is 3.38. The Hall–Kier alpha value is -2.33. The van der Waals surface area contributed by atoms with Crippen LogP contribution in [0.3, 0.4) is 0 Å². The molecule has 2 N–H and O–H groups in total. The summed E-state index contributed by atoms with van der Waals surface area (Å²) in [6.45, 7) is 4.55. The van der Waals surface area contributed by atoms with Gasteiger partial charge in [0, 0.05) is 33.1 Å². The SMILES string of the molecule is CC(=O)NCCCN(C)CC(=O)Nc1cc(C(F)(F)F)ccc1N1CCOCC1. The maximum Gasteiger partial charge on any atom is 0.416 e. The van der Waals surface area contributed by atoms with Crippen molar-refractivity contribution in [2.45, 2.75) is 19.5 Å². The number of likely N-dealkylation sites (N-methyl/N-ethyl adjacent to an activating group) is 1. The van der Waals surface area contributed by atoms with Gasteiger partial charge >= 0.3 is 6.18 Å². The van der Waals surface area contributed by atoms with Crippen molar-refractivity contribution >= 4 is 23.2 Å².